The Labute approximate surface area is 105 Å². The molecule has 1 saturated carbocycles. The molecule has 1 aromatic heterocycles. The highest BCUT2D eigenvalue weighted by Crippen LogP contribution is 2.27. The summed E-state index contributed by atoms with van der Waals surface area (Å²) in [6, 6.07) is 0. The zero-order valence-electron chi connectivity index (χ0n) is 9.66. The van der Waals surface area contributed by atoms with Gasteiger partial charge in [-0.05, 0) is 18.8 Å². The van der Waals surface area contributed by atoms with Gasteiger partial charge in [0.05, 0.1) is 11.2 Å². The molecular formula is C11H17ClN4O. The first-order valence-corrected chi connectivity index (χ1v) is 6.29. The molecule has 1 aliphatic rings. The molecule has 1 fully saturated rings. The fraction of sp³-hybridized carbons (Fsp3) is 0.636. The van der Waals surface area contributed by atoms with E-state index >= 15 is 0 Å². The molecule has 94 valence electrons. The van der Waals surface area contributed by atoms with Crippen molar-refractivity contribution in [2.24, 2.45) is 11.7 Å². The van der Waals surface area contributed by atoms with Crippen LogP contribution in [0.5, 0.6) is 0 Å². The van der Waals surface area contributed by atoms with Crippen LogP contribution < -0.4 is 16.6 Å². The lowest BCUT2D eigenvalue weighted by Crippen LogP contribution is -2.31. The van der Waals surface area contributed by atoms with Gasteiger partial charge in [-0.2, -0.15) is 5.10 Å². The van der Waals surface area contributed by atoms with Crippen molar-refractivity contribution in [2.75, 3.05) is 18.4 Å². The van der Waals surface area contributed by atoms with Crippen molar-refractivity contribution in [1.82, 2.24) is 9.78 Å². The minimum Gasteiger partial charge on any atom is -0.378 e. The molecule has 17 heavy (non-hydrogen) atoms. The molecule has 1 aromatic rings. The Morgan fingerprint density at radius 2 is 2.35 bits per heavy atom. The number of aromatic nitrogens is 2. The zero-order valence-corrected chi connectivity index (χ0v) is 10.4. The molecular weight excluding hydrogens is 240 g/mol. The second kappa shape index (κ2) is 5.51. The third-order valence-electron chi connectivity index (χ3n) is 3.10. The molecule has 0 spiro atoms. The molecule has 5 nitrogen and oxygen atoms in total. The van der Waals surface area contributed by atoms with Crippen LogP contribution >= 0.6 is 11.6 Å². The molecule has 6 heteroatoms. The van der Waals surface area contributed by atoms with Crippen LogP contribution in [0.2, 0.25) is 5.02 Å². The van der Waals surface area contributed by atoms with E-state index in [1.807, 2.05) is 0 Å². The van der Waals surface area contributed by atoms with Gasteiger partial charge < -0.3 is 11.1 Å². The fourth-order valence-electron chi connectivity index (χ4n) is 1.88. The Bertz CT molecular complexity index is 442. The quantitative estimate of drug-likeness (QED) is 0.827. The molecule has 0 atom stereocenters. The summed E-state index contributed by atoms with van der Waals surface area (Å²) in [5, 5.41) is 7.37. The minimum absolute atomic E-state index is 0.155. The van der Waals surface area contributed by atoms with Gasteiger partial charge in [-0.15, -0.1) is 0 Å². The highest BCUT2D eigenvalue weighted by Gasteiger charge is 2.20. The molecule has 0 bridgehead atoms. The Morgan fingerprint density at radius 1 is 1.59 bits per heavy atom. The SMILES string of the molecule is NCCNc1c(Cl)cnn(CC2CCC2)c1=O. The van der Waals surface area contributed by atoms with E-state index in [1.165, 1.54) is 30.1 Å². The Kier molecular flexibility index (Phi) is 4.02. The van der Waals surface area contributed by atoms with Gasteiger partial charge >= 0.3 is 0 Å². The van der Waals surface area contributed by atoms with Gasteiger partial charge in [0.1, 0.15) is 5.69 Å². The lowest BCUT2D eigenvalue weighted by atomic mass is 9.85. The van der Waals surface area contributed by atoms with Crippen molar-refractivity contribution in [3.05, 3.63) is 21.6 Å². The second-order valence-corrected chi connectivity index (χ2v) is 4.77. The molecule has 1 heterocycles. The second-order valence-electron chi connectivity index (χ2n) is 4.37. The fourth-order valence-corrected chi connectivity index (χ4v) is 2.07. The number of nitrogens with zero attached hydrogens (tertiary/aromatic N) is 2. The van der Waals surface area contributed by atoms with Gasteiger partial charge in [0.15, 0.2) is 0 Å². The number of rotatable bonds is 5. The summed E-state index contributed by atoms with van der Waals surface area (Å²) < 4.78 is 1.49. The number of nitrogens with one attached hydrogen (secondary N) is 1. The number of halogens is 1. The molecule has 0 radical (unpaired) electrons. The maximum atomic E-state index is 12.1. The first-order valence-electron chi connectivity index (χ1n) is 5.92. The van der Waals surface area contributed by atoms with Crippen LogP contribution in [-0.4, -0.2) is 22.9 Å². The van der Waals surface area contributed by atoms with Crippen molar-refractivity contribution in [1.29, 1.82) is 0 Å². The van der Waals surface area contributed by atoms with Crippen molar-refractivity contribution >= 4 is 17.3 Å². The Balaban J connectivity index is 2.18. The smallest absolute Gasteiger partial charge is 0.291 e. The van der Waals surface area contributed by atoms with Crippen LogP contribution in [0.15, 0.2) is 11.0 Å². The van der Waals surface area contributed by atoms with Crippen molar-refractivity contribution in [3.63, 3.8) is 0 Å². The van der Waals surface area contributed by atoms with Gasteiger partial charge in [0.25, 0.3) is 5.56 Å². The highest BCUT2D eigenvalue weighted by molar-refractivity contribution is 6.32. The molecule has 0 saturated heterocycles. The summed E-state index contributed by atoms with van der Waals surface area (Å²) >= 11 is 5.94. The molecule has 0 aliphatic heterocycles. The summed E-state index contributed by atoms with van der Waals surface area (Å²) in [6.45, 7) is 1.68. The molecule has 0 aromatic carbocycles. The predicted molar refractivity (Wildman–Crippen MR) is 68.4 cm³/mol. The molecule has 3 N–H and O–H groups in total. The zero-order chi connectivity index (χ0) is 12.3. The standard InChI is InChI=1S/C11H17ClN4O/c12-9-6-15-16(7-8-2-1-3-8)11(17)10(9)14-5-4-13/h6,8,14H,1-5,7,13H2. The molecule has 1 aliphatic carbocycles. The monoisotopic (exact) mass is 256 g/mol. The predicted octanol–water partition coefficient (Wildman–Crippen LogP) is 1.07. The average Bonchev–Trinajstić information content (AvgIpc) is 2.25. The van der Waals surface area contributed by atoms with Crippen LogP contribution in [0.4, 0.5) is 5.69 Å². The summed E-state index contributed by atoms with van der Waals surface area (Å²) in [4.78, 5) is 12.1. The summed E-state index contributed by atoms with van der Waals surface area (Å²) in [7, 11) is 0. The van der Waals surface area contributed by atoms with Gasteiger partial charge in [-0.3, -0.25) is 4.79 Å². The highest BCUT2D eigenvalue weighted by atomic mass is 35.5. The number of nitrogens with two attached hydrogens (primary N) is 1. The van der Waals surface area contributed by atoms with E-state index in [-0.39, 0.29) is 5.56 Å². The van der Waals surface area contributed by atoms with E-state index in [9.17, 15) is 4.79 Å². The van der Waals surface area contributed by atoms with E-state index in [2.05, 4.69) is 10.4 Å². The van der Waals surface area contributed by atoms with Crippen molar-refractivity contribution in [2.45, 2.75) is 25.8 Å². The summed E-state index contributed by atoms with van der Waals surface area (Å²) in [5.41, 5.74) is 5.65. The van der Waals surface area contributed by atoms with Crippen LogP contribution in [0, 0.1) is 5.92 Å². The number of anilines is 1. The minimum atomic E-state index is -0.155. The lowest BCUT2D eigenvalue weighted by Gasteiger charge is -2.25. The molecule has 2 rings (SSSR count). The lowest BCUT2D eigenvalue weighted by molar-refractivity contribution is 0.262. The van der Waals surface area contributed by atoms with E-state index in [0.717, 1.165) is 0 Å². The van der Waals surface area contributed by atoms with E-state index < -0.39 is 0 Å². The van der Waals surface area contributed by atoms with E-state index in [1.54, 1.807) is 0 Å². The number of hydrogen-bond donors (Lipinski definition) is 2. The van der Waals surface area contributed by atoms with Crippen LogP contribution in [-0.2, 0) is 6.54 Å². The third kappa shape index (κ3) is 2.79. The number of hydrogen-bond acceptors (Lipinski definition) is 4. The van der Waals surface area contributed by atoms with Crippen LogP contribution in [0.3, 0.4) is 0 Å². The summed E-state index contributed by atoms with van der Waals surface area (Å²) in [6.07, 6.45) is 5.14. The van der Waals surface area contributed by atoms with Crippen molar-refractivity contribution in [3.8, 4) is 0 Å². The molecule has 0 unspecified atom stereocenters. The summed E-state index contributed by atoms with van der Waals surface area (Å²) in [5.74, 6) is 0.587. The largest absolute Gasteiger partial charge is 0.378 e. The van der Waals surface area contributed by atoms with E-state index in [0.29, 0.717) is 36.3 Å². The maximum absolute atomic E-state index is 12.1. The topological polar surface area (TPSA) is 72.9 Å². The Hall–Kier alpha value is -1.07. The normalized spacial score (nSPS) is 15.6. The Morgan fingerprint density at radius 3 is 2.94 bits per heavy atom. The average molecular weight is 257 g/mol. The van der Waals surface area contributed by atoms with Crippen LogP contribution in [0.25, 0.3) is 0 Å². The van der Waals surface area contributed by atoms with E-state index in [4.69, 9.17) is 17.3 Å². The third-order valence-corrected chi connectivity index (χ3v) is 3.39. The maximum Gasteiger partial charge on any atom is 0.291 e. The van der Waals surface area contributed by atoms with Crippen LogP contribution in [0.1, 0.15) is 19.3 Å². The first kappa shape index (κ1) is 12.4. The van der Waals surface area contributed by atoms with Crippen molar-refractivity contribution < 1.29 is 0 Å². The van der Waals surface area contributed by atoms with Gasteiger partial charge in [-0.25, -0.2) is 4.68 Å². The van der Waals surface area contributed by atoms with Gasteiger partial charge in [0, 0.05) is 19.6 Å². The first-order chi connectivity index (χ1) is 8.22. The van der Waals surface area contributed by atoms with Gasteiger partial charge in [0.2, 0.25) is 0 Å². The van der Waals surface area contributed by atoms with Gasteiger partial charge in [-0.1, -0.05) is 18.0 Å². The molecule has 0 amide bonds.